The summed E-state index contributed by atoms with van der Waals surface area (Å²) in [6, 6.07) is 9.79. The maximum absolute atomic E-state index is 13.4. The lowest BCUT2D eigenvalue weighted by molar-refractivity contribution is -0.318. The van der Waals surface area contributed by atoms with Crippen molar-refractivity contribution >= 4 is 11.0 Å². The van der Waals surface area contributed by atoms with E-state index in [1.54, 1.807) is 24.3 Å². The number of fused-ring (bicyclic) bond motifs is 1. The van der Waals surface area contributed by atoms with E-state index in [1.165, 1.54) is 39.5 Å². The van der Waals surface area contributed by atoms with Gasteiger partial charge in [0, 0.05) is 0 Å². The number of hydrogen-bond acceptors (Lipinski definition) is 14. The van der Waals surface area contributed by atoms with Crippen molar-refractivity contribution in [2.45, 2.75) is 68.3 Å². The lowest BCUT2D eigenvalue weighted by Gasteiger charge is -2.42. The van der Waals surface area contributed by atoms with Crippen molar-refractivity contribution in [3.63, 3.8) is 0 Å². The topological polar surface area (TPSA) is 207 Å². The van der Waals surface area contributed by atoms with Gasteiger partial charge in [0.15, 0.2) is 17.6 Å². The molecule has 0 saturated carbocycles. The normalized spacial score (nSPS) is 32.9. The average Bonchev–Trinajstić information content (AvgIpc) is 3.02. The van der Waals surface area contributed by atoms with Gasteiger partial charge in [-0.3, -0.25) is 4.79 Å². The van der Waals surface area contributed by atoms with Crippen LogP contribution in [0.3, 0.4) is 0 Å². The van der Waals surface area contributed by atoms with E-state index in [1.807, 2.05) is 0 Å². The van der Waals surface area contributed by atoms with Gasteiger partial charge < -0.3 is 63.5 Å². The molecular formula is C29H34O14. The Kier molecular flexibility index (Phi) is 9.22. The van der Waals surface area contributed by atoms with E-state index in [4.69, 9.17) is 32.8 Å². The highest BCUT2D eigenvalue weighted by Crippen LogP contribution is 2.38. The molecule has 0 amide bonds. The molecule has 6 N–H and O–H groups in total. The van der Waals surface area contributed by atoms with Crippen LogP contribution >= 0.6 is 0 Å². The Morgan fingerprint density at radius 1 is 0.767 bits per heavy atom. The second-order valence-corrected chi connectivity index (χ2v) is 10.3. The van der Waals surface area contributed by atoms with Gasteiger partial charge in [0.25, 0.3) is 0 Å². The molecule has 2 aromatic carbocycles. The molecule has 3 heterocycles. The second-order valence-electron chi connectivity index (χ2n) is 10.3. The van der Waals surface area contributed by atoms with Crippen LogP contribution in [0.2, 0.25) is 0 Å². The van der Waals surface area contributed by atoms with E-state index in [0.29, 0.717) is 11.3 Å². The number of aliphatic hydroxyl groups is 6. The number of ether oxygens (including phenoxy) is 6. The van der Waals surface area contributed by atoms with Crippen LogP contribution in [0.4, 0.5) is 0 Å². The van der Waals surface area contributed by atoms with Crippen molar-refractivity contribution in [1.29, 1.82) is 0 Å². The first-order valence-electron chi connectivity index (χ1n) is 13.5. The fourth-order valence-electron chi connectivity index (χ4n) is 5.01. The quantitative estimate of drug-likeness (QED) is 0.191. The van der Waals surface area contributed by atoms with Crippen LogP contribution in [0.5, 0.6) is 17.2 Å². The van der Waals surface area contributed by atoms with Gasteiger partial charge >= 0.3 is 0 Å². The Hall–Kier alpha value is -3.31. The summed E-state index contributed by atoms with van der Waals surface area (Å²) in [6.07, 6.45) is -13.6. The first-order valence-corrected chi connectivity index (χ1v) is 13.5. The largest absolute Gasteiger partial charge is 0.497 e. The predicted molar refractivity (Wildman–Crippen MR) is 147 cm³/mol. The van der Waals surface area contributed by atoms with Gasteiger partial charge in [0.1, 0.15) is 54.7 Å². The van der Waals surface area contributed by atoms with Gasteiger partial charge in [0.2, 0.25) is 17.5 Å². The molecule has 43 heavy (non-hydrogen) atoms. The smallest absolute Gasteiger partial charge is 0.229 e. The minimum Gasteiger partial charge on any atom is -0.497 e. The highest BCUT2D eigenvalue weighted by atomic mass is 16.7. The molecule has 0 spiro atoms. The lowest BCUT2D eigenvalue weighted by atomic mass is 9.98. The molecule has 0 aliphatic carbocycles. The molecule has 2 aliphatic rings. The molecule has 10 unspecified atom stereocenters. The fraction of sp³-hybridized carbons (Fsp3) is 0.483. The number of methoxy groups -OCH3 is 2. The van der Waals surface area contributed by atoms with Crippen LogP contribution in [-0.4, -0.2) is 113 Å². The summed E-state index contributed by atoms with van der Waals surface area (Å²) in [5.74, 6) is 0.629. The summed E-state index contributed by atoms with van der Waals surface area (Å²) >= 11 is 0. The zero-order valence-electron chi connectivity index (χ0n) is 23.5. The summed E-state index contributed by atoms with van der Waals surface area (Å²) in [4.78, 5) is 13.4. The van der Waals surface area contributed by atoms with E-state index in [-0.39, 0.29) is 33.5 Å². The predicted octanol–water partition coefficient (Wildman–Crippen LogP) is -0.492. The average molecular weight is 607 g/mol. The molecule has 1 aromatic heterocycles. The van der Waals surface area contributed by atoms with Crippen LogP contribution in [0.15, 0.2) is 51.9 Å². The van der Waals surface area contributed by atoms with Gasteiger partial charge in [-0.2, -0.15) is 0 Å². The van der Waals surface area contributed by atoms with Crippen molar-refractivity contribution in [1.82, 2.24) is 0 Å². The molecule has 14 heteroatoms. The van der Waals surface area contributed by atoms with E-state index in [0.717, 1.165) is 0 Å². The van der Waals surface area contributed by atoms with Gasteiger partial charge in [-0.25, -0.2) is 0 Å². The highest BCUT2D eigenvalue weighted by Gasteiger charge is 2.47. The van der Waals surface area contributed by atoms with Crippen molar-refractivity contribution in [2.75, 3.05) is 20.8 Å². The maximum Gasteiger partial charge on any atom is 0.229 e. The first kappa shape index (κ1) is 31.1. The number of hydrogen-bond donors (Lipinski definition) is 6. The third-order valence-corrected chi connectivity index (χ3v) is 7.62. The standard InChI is InChI=1S/C29H34O14/c1-12-19(30)22(33)24(35)28(41-12)40-11-18-21(32)23(34)25(36)29(42-18)43-27-17(38-3)9-8-15-20(31)16(10-39-26(15)27)13-4-6-14(37-2)7-5-13/h4-10,12,18-19,21-25,28-30,32-36H,11H2,1-3H3. The maximum atomic E-state index is 13.4. The number of rotatable bonds is 8. The summed E-state index contributed by atoms with van der Waals surface area (Å²) in [5, 5.41) is 62.1. The molecule has 10 atom stereocenters. The molecule has 3 aromatic rings. The molecule has 2 aliphatic heterocycles. The Labute approximate surface area is 245 Å². The summed E-state index contributed by atoms with van der Waals surface area (Å²) in [6.45, 7) is 0.997. The van der Waals surface area contributed by atoms with Crippen LogP contribution in [0, 0.1) is 0 Å². The van der Waals surface area contributed by atoms with Crippen LogP contribution in [0.1, 0.15) is 6.92 Å². The Morgan fingerprint density at radius 2 is 1.44 bits per heavy atom. The summed E-state index contributed by atoms with van der Waals surface area (Å²) in [7, 11) is 2.89. The van der Waals surface area contributed by atoms with E-state index < -0.39 is 68.0 Å². The Balaban J connectivity index is 1.40. The third-order valence-electron chi connectivity index (χ3n) is 7.62. The van der Waals surface area contributed by atoms with Crippen LogP contribution in [-0.2, 0) is 14.2 Å². The first-order chi connectivity index (χ1) is 20.5. The SMILES string of the molecule is COc1ccc(-c2coc3c(OC4OC(COC5OC(C)C(O)C(O)C5O)C(O)C(O)C4O)c(OC)ccc3c2=O)cc1. The minimum absolute atomic E-state index is 0.0221. The van der Waals surface area contributed by atoms with E-state index >= 15 is 0 Å². The zero-order chi connectivity index (χ0) is 31.0. The number of benzene rings is 2. The van der Waals surface area contributed by atoms with Gasteiger partial charge in [0.05, 0.1) is 37.9 Å². The molecule has 2 saturated heterocycles. The Bertz CT molecular complexity index is 1460. The summed E-state index contributed by atoms with van der Waals surface area (Å²) < 4.78 is 38.9. The molecule has 0 radical (unpaired) electrons. The third kappa shape index (κ3) is 5.93. The van der Waals surface area contributed by atoms with Gasteiger partial charge in [-0.05, 0) is 36.8 Å². The molecule has 2 fully saturated rings. The minimum atomic E-state index is -1.76. The second kappa shape index (κ2) is 12.7. The Morgan fingerprint density at radius 3 is 2.12 bits per heavy atom. The van der Waals surface area contributed by atoms with E-state index in [9.17, 15) is 35.4 Å². The lowest BCUT2D eigenvalue weighted by Crippen LogP contribution is -2.61. The van der Waals surface area contributed by atoms with Crippen molar-refractivity contribution in [3.05, 3.63) is 52.9 Å². The molecule has 14 nitrogen and oxygen atoms in total. The summed E-state index contributed by atoms with van der Waals surface area (Å²) in [5.41, 5.74) is 0.462. The van der Waals surface area contributed by atoms with E-state index in [2.05, 4.69) is 0 Å². The monoisotopic (exact) mass is 606 g/mol. The fourth-order valence-corrected chi connectivity index (χ4v) is 5.01. The zero-order valence-corrected chi connectivity index (χ0v) is 23.5. The molecule has 5 rings (SSSR count). The highest BCUT2D eigenvalue weighted by molar-refractivity contribution is 5.88. The molecule has 0 bridgehead atoms. The number of aliphatic hydroxyl groups excluding tert-OH is 6. The van der Waals surface area contributed by atoms with Crippen molar-refractivity contribution < 1.29 is 63.5 Å². The van der Waals surface area contributed by atoms with Crippen LogP contribution in [0.25, 0.3) is 22.1 Å². The van der Waals surface area contributed by atoms with Gasteiger partial charge in [-0.15, -0.1) is 0 Å². The van der Waals surface area contributed by atoms with Gasteiger partial charge in [-0.1, -0.05) is 12.1 Å². The molecule has 234 valence electrons. The van der Waals surface area contributed by atoms with Crippen molar-refractivity contribution in [2.24, 2.45) is 0 Å². The van der Waals surface area contributed by atoms with Crippen molar-refractivity contribution in [3.8, 4) is 28.4 Å². The van der Waals surface area contributed by atoms with Crippen LogP contribution < -0.4 is 19.6 Å². The molecular weight excluding hydrogens is 572 g/mol.